The molecule has 3 heterocycles. The van der Waals surface area contributed by atoms with E-state index in [-0.39, 0.29) is 16.6 Å². The minimum Gasteiger partial charge on any atom is -0.389 e. The SMILES string of the molecule is C[C@]12CC=C3C=C4CC[C@@H](NCC5(O)CCC5)C[C@]45CCC3(O5)[C@@H]1CC[C@@H]2c1ccc2ccncc2c1. The van der Waals surface area contributed by atoms with Crippen LogP contribution >= 0.6 is 0 Å². The van der Waals surface area contributed by atoms with Crippen LogP contribution in [-0.4, -0.2) is 39.5 Å². The van der Waals surface area contributed by atoms with Gasteiger partial charge in [-0.1, -0.05) is 31.2 Å². The zero-order valence-corrected chi connectivity index (χ0v) is 22.1. The smallest absolute Gasteiger partial charge is 0.0974 e. The first-order valence-corrected chi connectivity index (χ1v) is 14.8. The summed E-state index contributed by atoms with van der Waals surface area (Å²) < 4.78 is 7.47. The minimum absolute atomic E-state index is 0.0968. The molecule has 3 saturated carbocycles. The van der Waals surface area contributed by atoms with Crippen LogP contribution in [0.5, 0.6) is 0 Å². The summed E-state index contributed by atoms with van der Waals surface area (Å²) in [6, 6.07) is 9.63. The van der Waals surface area contributed by atoms with Crippen molar-refractivity contribution in [2.75, 3.05) is 6.54 Å². The molecule has 6 atom stereocenters. The molecular formula is C33H40N2O2. The summed E-state index contributed by atoms with van der Waals surface area (Å²) in [5, 5.41) is 16.9. The zero-order valence-electron chi connectivity index (χ0n) is 22.1. The van der Waals surface area contributed by atoms with Gasteiger partial charge >= 0.3 is 0 Å². The normalized spacial score (nSPS) is 41.3. The Bertz CT molecular complexity index is 1330. The summed E-state index contributed by atoms with van der Waals surface area (Å²) in [5.41, 5.74) is 4.07. The average Bonchev–Trinajstić information content (AvgIpc) is 3.41. The van der Waals surface area contributed by atoms with E-state index >= 15 is 0 Å². The Hall–Kier alpha value is -2.01. The summed E-state index contributed by atoms with van der Waals surface area (Å²) in [4.78, 5) is 4.39. The average molecular weight is 497 g/mol. The van der Waals surface area contributed by atoms with Crippen LogP contribution in [0, 0.1) is 11.3 Å². The first-order valence-electron chi connectivity index (χ1n) is 14.8. The number of nitrogens with zero attached hydrogens (tertiary/aromatic N) is 1. The monoisotopic (exact) mass is 496 g/mol. The molecule has 4 aliphatic carbocycles. The zero-order chi connectivity index (χ0) is 24.9. The molecule has 0 radical (unpaired) electrons. The van der Waals surface area contributed by atoms with Crippen LogP contribution in [0.25, 0.3) is 10.8 Å². The van der Waals surface area contributed by atoms with Crippen LogP contribution in [0.15, 0.2) is 60.0 Å². The van der Waals surface area contributed by atoms with E-state index in [0.717, 1.165) is 64.3 Å². The van der Waals surface area contributed by atoms with E-state index in [1.54, 1.807) is 5.57 Å². The highest BCUT2D eigenvalue weighted by molar-refractivity contribution is 5.82. The summed E-state index contributed by atoms with van der Waals surface area (Å²) in [7, 11) is 0. The Labute approximate surface area is 220 Å². The van der Waals surface area contributed by atoms with Crippen molar-refractivity contribution in [2.24, 2.45) is 11.3 Å². The summed E-state index contributed by atoms with van der Waals surface area (Å²) >= 11 is 0. The number of benzene rings is 1. The summed E-state index contributed by atoms with van der Waals surface area (Å²) in [6.45, 7) is 3.30. The van der Waals surface area contributed by atoms with E-state index in [4.69, 9.17) is 4.74 Å². The molecular weight excluding hydrogens is 456 g/mol. The lowest BCUT2D eigenvalue weighted by Gasteiger charge is -2.54. The van der Waals surface area contributed by atoms with E-state index in [1.165, 1.54) is 34.8 Å². The number of pyridine rings is 1. The van der Waals surface area contributed by atoms with Crippen LogP contribution in [0.4, 0.5) is 0 Å². The lowest BCUT2D eigenvalue weighted by Crippen LogP contribution is -2.56. The van der Waals surface area contributed by atoms with Crippen LogP contribution in [0.1, 0.15) is 89.0 Å². The Morgan fingerprint density at radius 3 is 2.86 bits per heavy atom. The Kier molecular flexibility index (Phi) is 4.82. The number of aromatic nitrogens is 1. The van der Waals surface area contributed by atoms with Crippen LogP contribution in [0.2, 0.25) is 0 Å². The molecule has 1 aromatic heterocycles. The fraction of sp³-hybridized carbons (Fsp3) is 0.606. The third-order valence-electron chi connectivity index (χ3n) is 11.8. The topological polar surface area (TPSA) is 54.4 Å². The Balaban J connectivity index is 1.09. The van der Waals surface area contributed by atoms with Crippen molar-refractivity contribution in [2.45, 2.75) is 106 Å². The number of nitrogens with one attached hydrogen (secondary N) is 1. The van der Waals surface area contributed by atoms with E-state index in [2.05, 4.69) is 53.6 Å². The van der Waals surface area contributed by atoms with Gasteiger partial charge in [-0.05, 0) is 122 Å². The van der Waals surface area contributed by atoms with Gasteiger partial charge in [0, 0.05) is 30.4 Å². The van der Waals surface area contributed by atoms with Crippen molar-refractivity contribution in [1.29, 1.82) is 0 Å². The third-order valence-corrected chi connectivity index (χ3v) is 11.8. The number of ether oxygens (including phenoxy) is 1. The molecule has 0 amide bonds. The lowest BCUT2D eigenvalue weighted by molar-refractivity contribution is -0.137. The lowest BCUT2D eigenvalue weighted by atomic mass is 9.58. The third kappa shape index (κ3) is 3.22. The number of rotatable bonds is 4. The highest BCUT2D eigenvalue weighted by atomic mass is 16.5. The van der Waals surface area contributed by atoms with Crippen LogP contribution < -0.4 is 5.32 Å². The van der Waals surface area contributed by atoms with Gasteiger partial charge in [-0.3, -0.25) is 4.98 Å². The fourth-order valence-corrected chi connectivity index (χ4v) is 9.55. The minimum atomic E-state index is -0.461. The van der Waals surface area contributed by atoms with E-state index in [0.29, 0.717) is 17.9 Å². The van der Waals surface area contributed by atoms with E-state index < -0.39 is 5.60 Å². The van der Waals surface area contributed by atoms with E-state index in [1.807, 2.05) is 12.4 Å². The standard InChI is InChI=1S/C33H40N2O2/c1-30-13-9-26-18-25-5-6-27(35-21-31(36)11-2-12-31)19-32(25)14-15-33(26,37-32)29(30)8-7-28(30)23-4-3-22-10-16-34-20-24(22)17-23/h3-4,9-10,16-18,20,27-29,35-36H,2,5-8,11-15,19,21H2,1H3/t27-,28-,29-,30-,32-,33?/m1/s1. The predicted octanol–water partition coefficient (Wildman–Crippen LogP) is 6.35. The van der Waals surface area contributed by atoms with Gasteiger partial charge in [0.25, 0.3) is 0 Å². The molecule has 2 N–H and O–H groups in total. The number of allylic oxidation sites excluding steroid dienone is 1. The molecule has 1 aromatic carbocycles. The summed E-state index contributed by atoms with van der Waals surface area (Å²) in [6.07, 6.45) is 21.4. The van der Waals surface area contributed by atoms with Gasteiger partial charge in [0.2, 0.25) is 0 Å². The molecule has 37 heavy (non-hydrogen) atoms. The number of fused-ring (bicyclic) bond motifs is 2. The second kappa shape index (κ2) is 7.77. The van der Waals surface area contributed by atoms with Crippen LogP contribution in [-0.2, 0) is 4.74 Å². The fourth-order valence-electron chi connectivity index (χ4n) is 9.55. The van der Waals surface area contributed by atoms with Gasteiger partial charge in [0.05, 0.1) is 16.8 Å². The second-order valence-corrected chi connectivity index (χ2v) is 13.6. The quantitative estimate of drug-likeness (QED) is 0.518. The van der Waals surface area contributed by atoms with Crippen molar-refractivity contribution >= 4 is 10.8 Å². The maximum atomic E-state index is 10.6. The Morgan fingerprint density at radius 1 is 1.08 bits per heavy atom. The highest BCUT2D eigenvalue weighted by Gasteiger charge is 2.66. The first-order chi connectivity index (χ1) is 17.9. The molecule has 8 rings (SSSR count). The summed E-state index contributed by atoms with van der Waals surface area (Å²) in [5.74, 6) is 1.12. The van der Waals surface area contributed by atoms with Crippen molar-refractivity contribution in [3.05, 3.63) is 65.5 Å². The molecule has 2 bridgehead atoms. The van der Waals surface area contributed by atoms with Gasteiger partial charge < -0.3 is 15.2 Å². The van der Waals surface area contributed by atoms with Crippen LogP contribution in [0.3, 0.4) is 0 Å². The largest absolute Gasteiger partial charge is 0.389 e. The maximum absolute atomic E-state index is 10.6. The molecule has 4 nitrogen and oxygen atoms in total. The first kappa shape index (κ1) is 22.9. The van der Waals surface area contributed by atoms with Gasteiger partial charge in [-0.15, -0.1) is 0 Å². The van der Waals surface area contributed by atoms with Gasteiger partial charge in [-0.2, -0.15) is 0 Å². The molecule has 2 spiro atoms. The molecule has 1 saturated heterocycles. The molecule has 4 fully saturated rings. The van der Waals surface area contributed by atoms with Crippen molar-refractivity contribution in [3.63, 3.8) is 0 Å². The highest BCUT2D eigenvalue weighted by Crippen LogP contribution is 2.69. The van der Waals surface area contributed by atoms with Gasteiger partial charge in [-0.25, -0.2) is 0 Å². The number of aliphatic hydroxyl groups is 1. The molecule has 1 unspecified atom stereocenters. The molecule has 4 heteroatoms. The van der Waals surface area contributed by atoms with Crippen molar-refractivity contribution in [1.82, 2.24) is 10.3 Å². The van der Waals surface area contributed by atoms with Gasteiger partial charge in [0.15, 0.2) is 0 Å². The Morgan fingerprint density at radius 2 is 2.00 bits per heavy atom. The molecule has 194 valence electrons. The molecule has 2 aliphatic heterocycles. The van der Waals surface area contributed by atoms with Crippen molar-refractivity contribution < 1.29 is 9.84 Å². The van der Waals surface area contributed by atoms with E-state index in [9.17, 15) is 5.11 Å². The second-order valence-electron chi connectivity index (χ2n) is 13.6. The number of hydrogen-bond donors (Lipinski definition) is 2. The van der Waals surface area contributed by atoms with Crippen molar-refractivity contribution in [3.8, 4) is 0 Å². The molecule has 2 aromatic rings. The van der Waals surface area contributed by atoms with Gasteiger partial charge in [0.1, 0.15) is 0 Å². The molecule has 6 aliphatic rings. The number of hydrogen-bond acceptors (Lipinski definition) is 4. The predicted molar refractivity (Wildman–Crippen MR) is 146 cm³/mol. The maximum Gasteiger partial charge on any atom is 0.0974 e.